The van der Waals surface area contributed by atoms with Gasteiger partial charge in [-0.05, 0) is 24.3 Å². The zero-order valence-electron chi connectivity index (χ0n) is 14.3. The number of rotatable bonds is 5. The van der Waals surface area contributed by atoms with E-state index < -0.39 is 4.92 Å². The van der Waals surface area contributed by atoms with Gasteiger partial charge in [-0.1, -0.05) is 0 Å². The summed E-state index contributed by atoms with van der Waals surface area (Å²) in [6.45, 7) is 2.67. The first kappa shape index (κ1) is 16.6. The average molecular weight is 357 g/mol. The smallest absolute Gasteiger partial charge is 0.433 e. The minimum atomic E-state index is -0.516. The molecule has 3 heterocycles. The fourth-order valence-electron chi connectivity index (χ4n) is 3.43. The molecule has 1 fully saturated rings. The van der Waals surface area contributed by atoms with Crippen LogP contribution in [0.3, 0.4) is 0 Å². The summed E-state index contributed by atoms with van der Waals surface area (Å²) in [6, 6.07) is 8.65. The molecular weight excluding hydrogens is 338 g/mol. The first-order valence-electron chi connectivity index (χ1n) is 8.38. The van der Waals surface area contributed by atoms with Crippen molar-refractivity contribution in [1.82, 2.24) is 9.88 Å². The monoisotopic (exact) mass is 357 g/mol. The maximum Gasteiger partial charge on any atom is 0.433 e. The Labute approximate surface area is 149 Å². The Morgan fingerprint density at radius 1 is 1.27 bits per heavy atom. The van der Waals surface area contributed by atoms with Crippen molar-refractivity contribution in [2.45, 2.75) is 6.04 Å². The second-order valence-electron chi connectivity index (χ2n) is 6.14. The molecular formula is C18H19N3O5. The molecule has 0 saturated carbocycles. The van der Waals surface area contributed by atoms with Crippen LogP contribution in [0.2, 0.25) is 0 Å². The molecule has 1 aliphatic rings. The zero-order chi connectivity index (χ0) is 18.1. The van der Waals surface area contributed by atoms with Crippen molar-refractivity contribution in [3.05, 3.63) is 58.0 Å². The molecule has 3 aromatic rings. The van der Waals surface area contributed by atoms with Crippen LogP contribution in [0.15, 0.2) is 40.9 Å². The van der Waals surface area contributed by atoms with Gasteiger partial charge in [0.25, 0.3) is 0 Å². The summed E-state index contributed by atoms with van der Waals surface area (Å²) in [7, 11) is 1.63. The lowest BCUT2D eigenvalue weighted by molar-refractivity contribution is -0.402. The van der Waals surface area contributed by atoms with Crippen molar-refractivity contribution in [2.24, 2.45) is 0 Å². The number of benzene rings is 1. The van der Waals surface area contributed by atoms with Crippen LogP contribution in [0.4, 0.5) is 5.88 Å². The molecule has 2 aromatic heterocycles. The third-order valence-electron chi connectivity index (χ3n) is 4.69. The van der Waals surface area contributed by atoms with Gasteiger partial charge >= 0.3 is 5.88 Å². The standard InChI is InChI=1S/C18H19N3O5/c1-24-12-2-3-15-13(10-12)14(11-19-15)18(20-6-8-25-9-7-20)16-4-5-17(26-16)21(22)23/h2-5,10-11,18-19H,6-9H2,1H3. The number of hydrogen-bond donors (Lipinski definition) is 1. The minimum Gasteiger partial charge on any atom is -0.497 e. The number of methoxy groups -OCH3 is 1. The van der Waals surface area contributed by atoms with Crippen molar-refractivity contribution in [2.75, 3.05) is 33.4 Å². The number of nitrogens with one attached hydrogen (secondary N) is 1. The van der Waals surface area contributed by atoms with Gasteiger partial charge in [0.05, 0.1) is 32.4 Å². The Hall–Kier alpha value is -2.84. The molecule has 0 amide bonds. The minimum absolute atomic E-state index is 0.242. The maximum atomic E-state index is 11.1. The van der Waals surface area contributed by atoms with Gasteiger partial charge in [0.1, 0.15) is 16.4 Å². The summed E-state index contributed by atoms with van der Waals surface area (Å²) in [5.74, 6) is 1.04. The third kappa shape index (κ3) is 2.93. The Bertz CT molecular complexity index is 926. The number of nitro groups is 1. The van der Waals surface area contributed by atoms with E-state index in [1.807, 2.05) is 24.4 Å². The van der Waals surface area contributed by atoms with Crippen LogP contribution in [-0.4, -0.2) is 48.2 Å². The molecule has 1 unspecified atom stereocenters. The van der Waals surface area contributed by atoms with E-state index >= 15 is 0 Å². The van der Waals surface area contributed by atoms with Gasteiger partial charge in [-0.15, -0.1) is 0 Å². The topological polar surface area (TPSA) is 93.8 Å². The Morgan fingerprint density at radius 2 is 2.08 bits per heavy atom. The first-order chi connectivity index (χ1) is 12.7. The van der Waals surface area contributed by atoms with Crippen LogP contribution < -0.4 is 4.74 Å². The molecule has 26 heavy (non-hydrogen) atoms. The molecule has 8 heteroatoms. The van der Waals surface area contributed by atoms with E-state index in [9.17, 15) is 10.1 Å². The number of H-pyrrole nitrogens is 1. The molecule has 0 spiro atoms. The molecule has 1 saturated heterocycles. The highest BCUT2D eigenvalue weighted by molar-refractivity contribution is 5.85. The van der Waals surface area contributed by atoms with Gasteiger partial charge < -0.3 is 18.9 Å². The SMILES string of the molecule is COc1ccc2[nH]cc(C(c3ccc([N+](=O)[O-])o3)N3CCOCC3)c2c1. The number of morpholine rings is 1. The fourth-order valence-corrected chi connectivity index (χ4v) is 3.43. The zero-order valence-corrected chi connectivity index (χ0v) is 14.3. The lowest BCUT2D eigenvalue weighted by Crippen LogP contribution is -2.39. The summed E-state index contributed by atoms with van der Waals surface area (Å²) >= 11 is 0. The van der Waals surface area contributed by atoms with E-state index in [0.717, 1.165) is 35.3 Å². The van der Waals surface area contributed by atoms with Crippen molar-refractivity contribution in [3.63, 3.8) is 0 Å². The Balaban J connectivity index is 1.83. The summed E-state index contributed by atoms with van der Waals surface area (Å²) in [5, 5.41) is 12.1. The number of aromatic nitrogens is 1. The number of fused-ring (bicyclic) bond motifs is 1. The van der Waals surface area contributed by atoms with Crippen molar-refractivity contribution in [1.29, 1.82) is 0 Å². The van der Waals surface area contributed by atoms with Crippen LogP contribution >= 0.6 is 0 Å². The van der Waals surface area contributed by atoms with E-state index in [1.165, 1.54) is 6.07 Å². The van der Waals surface area contributed by atoms with Crippen molar-refractivity contribution in [3.8, 4) is 5.75 Å². The molecule has 136 valence electrons. The predicted octanol–water partition coefficient (Wildman–Crippen LogP) is 3.10. The van der Waals surface area contributed by atoms with E-state index in [4.69, 9.17) is 13.9 Å². The maximum absolute atomic E-state index is 11.1. The highest BCUT2D eigenvalue weighted by atomic mass is 16.6. The lowest BCUT2D eigenvalue weighted by atomic mass is 10.0. The van der Waals surface area contributed by atoms with Crippen LogP contribution in [0.1, 0.15) is 17.4 Å². The van der Waals surface area contributed by atoms with E-state index in [-0.39, 0.29) is 11.9 Å². The van der Waals surface area contributed by atoms with Crippen LogP contribution in [0.5, 0.6) is 5.75 Å². The number of furan rings is 1. The second-order valence-corrected chi connectivity index (χ2v) is 6.14. The molecule has 0 radical (unpaired) electrons. The highest BCUT2D eigenvalue weighted by Crippen LogP contribution is 2.37. The summed E-state index contributed by atoms with van der Waals surface area (Å²) < 4.78 is 16.4. The molecule has 1 aromatic carbocycles. The number of aromatic amines is 1. The first-order valence-corrected chi connectivity index (χ1v) is 8.38. The van der Waals surface area contributed by atoms with Crippen molar-refractivity contribution >= 4 is 16.8 Å². The second kappa shape index (κ2) is 6.81. The summed E-state index contributed by atoms with van der Waals surface area (Å²) in [4.78, 5) is 16.0. The molecule has 8 nitrogen and oxygen atoms in total. The summed E-state index contributed by atoms with van der Waals surface area (Å²) in [5.41, 5.74) is 1.96. The van der Waals surface area contributed by atoms with Gasteiger partial charge in [-0.2, -0.15) is 0 Å². The van der Waals surface area contributed by atoms with E-state index in [0.29, 0.717) is 19.0 Å². The quantitative estimate of drug-likeness (QED) is 0.557. The van der Waals surface area contributed by atoms with Gasteiger partial charge in [0, 0.05) is 35.8 Å². The Morgan fingerprint density at radius 3 is 2.77 bits per heavy atom. The molecule has 1 aliphatic heterocycles. The normalized spacial score (nSPS) is 16.7. The van der Waals surface area contributed by atoms with Crippen LogP contribution in [-0.2, 0) is 4.74 Å². The van der Waals surface area contributed by atoms with Gasteiger partial charge in [0.2, 0.25) is 0 Å². The molecule has 0 aliphatic carbocycles. The number of hydrogen-bond acceptors (Lipinski definition) is 6. The largest absolute Gasteiger partial charge is 0.497 e. The van der Waals surface area contributed by atoms with Gasteiger partial charge in [-0.25, -0.2) is 0 Å². The van der Waals surface area contributed by atoms with Gasteiger partial charge in [-0.3, -0.25) is 15.0 Å². The molecule has 4 rings (SSSR count). The lowest BCUT2D eigenvalue weighted by Gasteiger charge is -2.33. The van der Waals surface area contributed by atoms with Gasteiger partial charge in [0.15, 0.2) is 0 Å². The average Bonchev–Trinajstić information content (AvgIpc) is 3.31. The Kier molecular flexibility index (Phi) is 4.36. The third-order valence-corrected chi connectivity index (χ3v) is 4.69. The molecule has 1 atom stereocenters. The summed E-state index contributed by atoms with van der Waals surface area (Å²) in [6.07, 6.45) is 1.93. The number of nitrogens with zero attached hydrogens (tertiary/aromatic N) is 2. The molecule has 1 N–H and O–H groups in total. The van der Waals surface area contributed by atoms with Crippen LogP contribution in [0.25, 0.3) is 10.9 Å². The molecule has 0 bridgehead atoms. The van der Waals surface area contributed by atoms with Crippen molar-refractivity contribution < 1.29 is 18.8 Å². The van der Waals surface area contributed by atoms with E-state index in [1.54, 1.807) is 13.2 Å². The number of ether oxygens (including phenoxy) is 2. The van der Waals surface area contributed by atoms with Crippen LogP contribution in [0, 0.1) is 10.1 Å². The van der Waals surface area contributed by atoms with E-state index in [2.05, 4.69) is 9.88 Å². The predicted molar refractivity (Wildman–Crippen MR) is 94.4 cm³/mol. The highest BCUT2D eigenvalue weighted by Gasteiger charge is 2.30. The fraction of sp³-hybridized carbons (Fsp3) is 0.333.